The van der Waals surface area contributed by atoms with Gasteiger partial charge in [0, 0.05) is 36.7 Å². The second-order valence-corrected chi connectivity index (χ2v) is 6.95. The third-order valence-electron chi connectivity index (χ3n) is 4.44. The fraction of sp³-hybridized carbons (Fsp3) is 0.533. The van der Waals surface area contributed by atoms with Gasteiger partial charge >= 0.3 is 6.09 Å². The molecule has 0 unspecified atom stereocenters. The summed E-state index contributed by atoms with van der Waals surface area (Å²) in [5, 5.41) is 9.30. The predicted molar refractivity (Wildman–Crippen MR) is 85.1 cm³/mol. The minimum absolute atomic E-state index is 0.227. The molecule has 4 rings (SSSR count). The van der Waals surface area contributed by atoms with Gasteiger partial charge in [0.2, 0.25) is 0 Å². The minimum Gasteiger partial charge on any atom is -0.489 e. The highest BCUT2D eigenvalue weighted by Crippen LogP contribution is 2.42. The van der Waals surface area contributed by atoms with Gasteiger partial charge in [0.15, 0.2) is 6.10 Å². The van der Waals surface area contributed by atoms with Crippen LogP contribution in [0.25, 0.3) is 0 Å². The van der Waals surface area contributed by atoms with E-state index in [0.717, 1.165) is 24.6 Å². The molecule has 8 heteroatoms. The molecule has 0 aromatic heterocycles. The molecule has 2 atom stereocenters. The summed E-state index contributed by atoms with van der Waals surface area (Å²) < 4.78 is 25.4. The van der Waals surface area contributed by atoms with E-state index >= 15 is 0 Å². The Labute approximate surface area is 137 Å². The van der Waals surface area contributed by atoms with E-state index in [4.69, 9.17) is 9.47 Å². The highest BCUT2D eigenvalue weighted by molar-refractivity contribution is 7.99. The topological polar surface area (TPSA) is 62.2 Å². The molecule has 1 amide bonds. The molecule has 1 N–H and O–H groups in total. The maximum atomic E-state index is 14.6. The average molecular weight is 340 g/mol. The van der Waals surface area contributed by atoms with Gasteiger partial charge in [-0.15, -0.1) is 0 Å². The number of anilines is 2. The van der Waals surface area contributed by atoms with Crippen molar-refractivity contribution in [1.29, 1.82) is 0 Å². The van der Waals surface area contributed by atoms with Crippen LogP contribution in [0, 0.1) is 5.82 Å². The summed E-state index contributed by atoms with van der Waals surface area (Å²) in [6.45, 7) is 1.53. The maximum Gasteiger partial charge on any atom is 0.415 e. The molecule has 0 aliphatic carbocycles. The van der Waals surface area contributed by atoms with Crippen LogP contribution in [0.1, 0.15) is 0 Å². The number of carbonyl (C=O) groups is 1. The summed E-state index contributed by atoms with van der Waals surface area (Å²) in [4.78, 5) is 15.4. The first-order chi connectivity index (χ1) is 11.2. The summed E-state index contributed by atoms with van der Waals surface area (Å²) in [5.41, 5.74) is 0.878. The third-order valence-corrected chi connectivity index (χ3v) is 5.38. The Morgan fingerprint density at radius 3 is 2.83 bits per heavy atom. The lowest BCUT2D eigenvalue weighted by atomic mass is 10.1. The van der Waals surface area contributed by atoms with Crippen LogP contribution < -0.4 is 14.5 Å². The lowest BCUT2D eigenvalue weighted by Gasteiger charge is -2.33. The van der Waals surface area contributed by atoms with E-state index in [0.29, 0.717) is 17.1 Å². The second-order valence-electron chi connectivity index (χ2n) is 5.72. The number of nitrogens with zero attached hydrogens (tertiary/aromatic N) is 2. The smallest absolute Gasteiger partial charge is 0.415 e. The zero-order valence-electron chi connectivity index (χ0n) is 12.4. The van der Waals surface area contributed by atoms with E-state index in [-0.39, 0.29) is 19.0 Å². The van der Waals surface area contributed by atoms with Gasteiger partial charge in [0.1, 0.15) is 24.2 Å². The van der Waals surface area contributed by atoms with E-state index in [1.165, 1.54) is 11.0 Å². The third kappa shape index (κ3) is 2.40. The Balaban J connectivity index is 1.70. The number of cyclic esters (lactones) is 1. The lowest BCUT2D eigenvalue weighted by molar-refractivity contribution is 0.0734. The van der Waals surface area contributed by atoms with Gasteiger partial charge in [-0.3, -0.25) is 4.90 Å². The van der Waals surface area contributed by atoms with Gasteiger partial charge in [-0.05, 0) is 0 Å². The predicted octanol–water partition coefficient (Wildman–Crippen LogP) is 1.46. The normalized spacial score (nSPS) is 26.4. The minimum atomic E-state index is -0.641. The number of hydrogen-bond donors (Lipinski definition) is 1. The van der Waals surface area contributed by atoms with Gasteiger partial charge in [-0.25, -0.2) is 9.18 Å². The summed E-state index contributed by atoms with van der Waals surface area (Å²) in [7, 11) is 0. The van der Waals surface area contributed by atoms with E-state index in [1.54, 1.807) is 6.07 Å². The Morgan fingerprint density at radius 2 is 2.09 bits per heavy atom. The SMILES string of the molecule is O=C1O[C@H](CO)[C@H]2COc3cc(N4CCSCC4)c(F)cc3N12. The standard InChI is InChI=1S/C15H17FN2O4S/c16-9-5-11-13(6-10(9)17-1-3-23-4-2-17)21-8-12-14(7-19)22-15(20)18(11)12/h5-6,12,14,19H,1-4,7-8H2/t12-,14-/m1/s1. The Morgan fingerprint density at radius 1 is 1.30 bits per heavy atom. The van der Waals surface area contributed by atoms with Crippen molar-refractivity contribution in [2.24, 2.45) is 0 Å². The first-order valence-electron chi connectivity index (χ1n) is 7.59. The van der Waals surface area contributed by atoms with Crippen LogP contribution in [-0.4, -0.2) is 61.2 Å². The van der Waals surface area contributed by atoms with Gasteiger partial charge < -0.3 is 19.5 Å². The van der Waals surface area contributed by atoms with Gasteiger partial charge in [-0.2, -0.15) is 11.8 Å². The number of ether oxygens (including phenoxy) is 2. The quantitative estimate of drug-likeness (QED) is 0.879. The molecule has 0 saturated carbocycles. The van der Waals surface area contributed by atoms with Gasteiger partial charge in [0.25, 0.3) is 0 Å². The highest BCUT2D eigenvalue weighted by Gasteiger charge is 2.46. The van der Waals surface area contributed by atoms with Crippen molar-refractivity contribution >= 4 is 29.2 Å². The molecule has 6 nitrogen and oxygen atoms in total. The van der Waals surface area contributed by atoms with Crippen molar-refractivity contribution in [2.45, 2.75) is 12.1 Å². The lowest BCUT2D eigenvalue weighted by Crippen LogP contribution is -2.45. The molecule has 3 aliphatic heterocycles. The van der Waals surface area contributed by atoms with Gasteiger partial charge in [-0.1, -0.05) is 0 Å². The summed E-state index contributed by atoms with van der Waals surface area (Å²) >= 11 is 1.86. The average Bonchev–Trinajstić information content (AvgIpc) is 2.91. The summed E-state index contributed by atoms with van der Waals surface area (Å²) in [5.74, 6) is 2.04. The number of fused-ring (bicyclic) bond motifs is 3. The van der Waals surface area contributed by atoms with Crippen LogP contribution in [0.4, 0.5) is 20.6 Å². The van der Waals surface area contributed by atoms with Crippen molar-refractivity contribution in [3.63, 3.8) is 0 Å². The van der Waals surface area contributed by atoms with Crippen molar-refractivity contribution < 1.29 is 23.8 Å². The number of halogens is 1. The Bertz CT molecular complexity index is 638. The molecular weight excluding hydrogens is 323 g/mol. The van der Waals surface area contributed by atoms with E-state index < -0.39 is 18.2 Å². The van der Waals surface area contributed by atoms with E-state index in [1.807, 2.05) is 16.7 Å². The summed E-state index contributed by atoms with van der Waals surface area (Å²) in [6.07, 6.45) is -1.21. The zero-order chi connectivity index (χ0) is 16.0. The number of hydrogen-bond acceptors (Lipinski definition) is 6. The molecule has 124 valence electrons. The molecular formula is C15H17FN2O4S. The molecule has 3 aliphatic rings. The zero-order valence-corrected chi connectivity index (χ0v) is 13.2. The number of thioether (sulfide) groups is 1. The molecule has 0 bridgehead atoms. The molecule has 2 fully saturated rings. The molecule has 1 aromatic rings. The fourth-order valence-electron chi connectivity index (χ4n) is 3.24. The van der Waals surface area contributed by atoms with Crippen LogP contribution in [0.3, 0.4) is 0 Å². The van der Waals surface area contributed by atoms with Crippen molar-refractivity contribution in [3.05, 3.63) is 17.9 Å². The van der Waals surface area contributed by atoms with Crippen LogP contribution in [0.5, 0.6) is 5.75 Å². The van der Waals surface area contributed by atoms with E-state index in [9.17, 15) is 14.3 Å². The number of amides is 1. The van der Waals surface area contributed by atoms with Crippen molar-refractivity contribution in [1.82, 2.24) is 0 Å². The number of rotatable bonds is 2. The number of carbonyl (C=O) groups excluding carboxylic acids is 1. The second kappa shape index (κ2) is 5.76. The molecule has 1 aromatic carbocycles. The Kier molecular flexibility index (Phi) is 3.73. The van der Waals surface area contributed by atoms with Crippen molar-refractivity contribution in [2.75, 3.05) is 47.6 Å². The van der Waals surface area contributed by atoms with Crippen LogP contribution in [-0.2, 0) is 4.74 Å². The maximum absolute atomic E-state index is 14.6. The number of benzene rings is 1. The van der Waals surface area contributed by atoms with Crippen LogP contribution in [0.15, 0.2) is 12.1 Å². The first-order valence-corrected chi connectivity index (χ1v) is 8.74. The Hall–Kier alpha value is -1.67. The van der Waals surface area contributed by atoms with Crippen LogP contribution in [0.2, 0.25) is 0 Å². The molecule has 2 saturated heterocycles. The molecule has 3 heterocycles. The summed E-state index contributed by atoms with van der Waals surface area (Å²) in [6, 6.07) is 2.58. The van der Waals surface area contributed by atoms with Crippen molar-refractivity contribution in [3.8, 4) is 5.75 Å². The fourth-order valence-corrected chi connectivity index (χ4v) is 4.15. The first kappa shape index (κ1) is 14.9. The molecule has 0 radical (unpaired) electrons. The molecule has 0 spiro atoms. The molecule has 23 heavy (non-hydrogen) atoms. The number of aliphatic hydroxyl groups excluding tert-OH is 1. The number of aliphatic hydroxyl groups is 1. The largest absolute Gasteiger partial charge is 0.489 e. The van der Waals surface area contributed by atoms with Crippen LogP contribution >= 0.6 is 11.8 Å². The highest BCUT2D eigenvalue weighted by atomic mass is 32.2. The monoisotopic (exact) mass is 340 g/mol. The van der Waals surface area contributed by atoms with Gasteiger partial charge in [0.05, 0.1) is 18.0 Å². The van der Waals surface area contributed by atoms with E-state index in [2.05, 4.69) is 0 Å².